The molecule has 3 nitrogen and oxygen atoms in total. The molecule has 4 fully saturated rings. The Morgan fingerprint density at radius 3 is 1.10 bits per heavy atom. The highest BCUT2D eigenvalue weighted by Crippen LogP contribution is 2.54. The predicted octanol–water partition coefficient (Wildman–Crippen LogP) is 18.7. The monoisotopic (exact) mass is 927 g/mol. The Morgan fingerprint density at radius 1 is 0.319 bits per heavy atom. The highest BCUT2D eigenvalue weighted by Gasteiger charge is 2.47. The zero-order valence-corrected chi connectivity index (χ0v) is 40.5. The van der Waals surface area contributed by atoms with Gasteiger partial charge in [0.15, 0.2) is 0 Å². The molecule has 2 aliphatic carbocycles. The predicted molar refractivity (Wildman–Crippen MR) is 304 cm³/mol. The number of hydrogen-bond acceptors (Lipinski definition) is 3. The highest BCUT2D eigenvalue weighted by atomic mass is 15.2. The molecule has 4 aliphatic rings. The van der Waals surface area contributed by atoms with Crippen LogP contribution in [-0.2, 0) is 0 Å². The molecule has 10 aromatic rings. The molecule has 2 heterocycles. The molecule has 0 aromatic heterocycles. The van der Waals surface area contributed by atoms with Crippen LogP contribution >= 0.6 is 0 Å². The van der Waals surface area contributed by atoms with Crippen LogP contribution in [0.1, 0.15) is 32.1 Å². The summed E-state index contributed by atoms with van der Waals surface area (Å²) >= 11 is 0. The number of nitrogens with zero attached hydrogens (tertiary/aromatic N) is 2. The second kappa shape index (κ2) is 19.1. The van der Waals surface area contributed by atoms with Crippen LogP contribution in [0.3, 0.4) is 0 Å². The Labute approximate surface area is 424 Å². The minimum Gasteiger partial charge on any atom is -0.365 e. The molecule has 14 rings (SSSR count). The van der Waals surface area contributed by atoms with Crippen LogP contribution < -0.4 is 15.1 Å². The number of hydrogen-bond donors (Lipinski definition) is 1. The summed E-state index contributed by atoms with van der Waals surface area (Å²) < 4.78 is 0. The lowest BCUT2D eigenvalue weighted by atomic mass is 9.63. The number of piperidine rings is 2. The summed E-state index contributed by atoms with van der Waals surface area (Å²) in [5.74, 6) is 1.67. The van der Waals surface area contributed by atoms with E-state index in [-0.39, 0.29) is 0 Å². The Balaban J connectivity index is 1.08. The molecule has 0 spiro atoms. The lowest BCUT2D eigenvalue weighted by Crippen LogP contribution is -2.58. The van der Waals surface area contributed by atoms with Crippen molar-refractivity contribution >= 4 is 34.1 Å². The van der Waals surface area contributed by atoms with Crippen molar-refractivity contribution in [1.82, 2.24) is 0 Å². The van der Waals surface area contributed by atoms with Crippen LogP contribution in [0.15, 0.2) is 255 Å². The lowest BCUT2D eigenvalue weighted by molar-refractivity contribution is 0.0900. The summed E-state index contributed by atoms with van der Waals surface area (Å²) in [6.07, 6.45) is 6.50. The third kappa shape index (κ3) is 8.45. The number of para-hydroxylation sites is 1. The summed E-state index contributed by atoms with van der Waals surface area (Å²) in [6.45, 7) is 0. The molecule has 2 saturated carbocycles. The first-order chi connectivity index (χ1) is 35.7. The third-order valence-corrected chi connectivity index (χ3v) is 15.6. The van der Waals surface area contributed by atoms with Gasteiger partial charge in [0.1, 0.15) is 0 Å². The number of benzene rings is 10. The molecule has 72 heavy (non-hydrogen) atoms. The van der Waals surface area contributed by atoms with Crippen molar-refractivity contribution in [1.29, 1.82) is 0 Å². The van der Waals surface area contributed by atoms with Crippen molar-refractivity contribution in [3.63, 3.8) is 0 Å². The molecule has 4 bridgehead atoms. The summed E-state index contributed by atoms with van der Waals surface area (Å²) in [4.78, 5) is 5.41. The zero-order valence-electron chi connectivity index (χ0n) is 40.5. The van der Waals surface area contributed by atoms with E-state index in [0.29, 0.717) is 12.1 Å². The largest absolute Gasteiger partial charge is 0.365 e. The number of anilines is 6. The molecule has 2 saturated heterocycles. The molecular formula is C69H57N3. The Kier molecular flexibility index (Phi) is 11.6. The topological polar surface area (TPSA) is 18.5 Å². The van der Waals surface area contributed by atoms with Crippen molar-refractivity contribution in [2.45, 2.75) is 44.2 Å². The van der Waals surface area contributed by atoms with Crippen LogP contribution in [0.4, 0.5) is 34.1 Å². The van der Waals surface area contributed by atoms with E-state index in [1.54, 1.807) is 0 Å². The van der Waals surface area contributed by atoms with E-state index in [9.17, 15) is 0 Å². The minimum atomic E-state index is 0.532. The lowest BCUT2D eigenvalue weighted by Gasteiger charge is -2.57. The maximum Gasteiger partial charge on any atom is 0.0618 e. The van der Waals surface area contributed by atoms with Crippen molar-refractivity contribution < 1.29 is 0 Å². The second-order valence-electron chi connectivity index (χ2n) is 20.2. The Hall–Kier alpha value is -8.40. The molecule has 0 unspecified atom stereocenters. The van der Waals surface area contributed by atoms with E-state index in [0.717, 1.165) is 51.4 Å². The summed E-state index contributed by atoms with van der Waals surface area (Å²) in [7, 11) is 0. The molecule has 3 heteroatoms. The Bertz CT molecular complexity index is 3320. The first kappa shape index (κ1) is 43.6. The number of rotatable bonds is 12. The standard InChI is InChI=1S/C69H57N3/c1-8-22-50(23-9-1)56-41-64(52-26-12-3-13-27-52)68(65(42-56)53-28-14-4-15-29-53)70-58-45-62(71-60-37-48-36-49(39-60)40-61(71)38-48)47-63(46-58)72(59-34-20-7-21-35-59)69-66(54-30-16-5-17-31-54)43-57(51-24-10-2-11-25-51)44-67(69)55-32-18-6-19-33-55/h1-35,41-49,60-61,70H,36-40H2. The summed E-state index contributed by atoms with van der Waals surface area (Å²) in [6, 6.07) is 94.6. The van der Waals surface area contributed by atoms with Gasteiger partial charge in [0.25, 0.3) is 0 Å². The van der Waals surface area contributed by atoms with Gasteiger partial charge in [-0.1, -0.05) is 200 Å². The first-order valence-electron chi connectivity index (χ1n) is 25.9. The molecule has 0 atom stereocenters. The average molecular weight is 928 g/mol. The van der Waals surface area contributed by atoms with Gasteiger partial charge in [-0.05, 0) is 143 Å². The normalized spacial score (nSPS) is 17.7. The van der Waals surface area contributed by atoms with E-state index in [1.165, 1.54) is 93.4 Å². The van der Waals surface area contributed by atoms with Gasteiger partial charge in [0.2, 0.25) is 0 Å². The summed E-state index contributed by atoms with van der Waals surface area (Å²) in [5.41, 5.74) is 20.9. The fourth-order valence-corrected chi connectivity index (χ4v) is 12.6. The van der Waals surface area contributed by atoms with Crippen LogP contribution in [0.2, 0.25) is 0 Å². The van der Waals surface area contributed by atoms with Gasteiger partial charge >= 0.3 is 0 Å². The minimum absolute atomic E-state index is 0.532. The van der Waals surface area contributed by atoms with Crippen molar-refractivity contribution in [2.75, 3.05) is 15.1 Å². The van der Waals surface area contributed by atoms with E-state index in [2.05, 4.69) is 270 Å². The molecule has 0 radical (unpaired) electrons. The van der Waals surface area contributed by atoms with Gasteiger partial charge in [-0.15, -0.1) is 0 Å². The second-order valence-corrected chi connectivity index (χ2v) is 20.2. The Morgan fingerprint density at radius 2 is 0.681 bits per heavy atom. The van der Waals surface area contributed by atoms with E-state index in [4.69, 9.17) is 0 Å². The van der Waals surface area contributed by atoms with Crippen LogP contribution in [0.25, 0.3) is 66.8 Å². The maximum atomic E-state index is 4.25. The van der Waals surface area contributed by atoms with Gasteiger partial charge in [0, 0.05) is 51.4 Å². The fraction of sp³-hybridized carbons (Fsp3) is 0.130. The smallest absolute Gasteiger partial charge is 0.0618 e. The van der Waals surface area contributed by atoms with Crippen LogP contribution in [-0.4, -0.2) is 12.1 Å². The molecule has 1 N–H and O–H groups in total. The highest BCUT2D eigenvalue weighted by molar-refractivity contribution is 6.02. The van der Waals surface area contributed by atoms with Crippen molar-refractivity contribution in [3.05, 3.63) is 255 Å². The van der Waals surface area contributed by atoms with Crippen LogP contribution in [0.5, 0.6) is 0 Å². The summed E-state index contributed by atoms with van der Waals surface area (Å²) in [5, 5.41) is 4.25. The van der Waals surface area contributed by atoms with E-state index >= 15 is 0 Å². The van der Waals surface area contributed by atoms with Gasteiger partial charge in [-0.25, -0.2) is 0 Å². The zero-order chi connectivity index (χ0) is 47.8. The third-order valence-electron chi connectivity index (χ3n) is 15.6. The molecule has 348 valence electrons. The molecule has 2 aliphatic heterocycles. The van der Waals surface area contributed by atoms with Gasteiger partial charge in [-0.3, -0.25) is 0 Å². The van der Waals surface area contributed by atoms with Gasteiger partial charge in [0.05, 0.1) is 17.1 Å². The van der Waals surface area contributed by atoms with Crippen molar-refractivity contribution in [3.8, 4) is 66.8 Å². The molecule has 0 amide bonds. The van der Waals surface area contributed by atoms with E-state index in [1.807, 2.05) is 0 Å². The van der Waals surface area contributed by atoms with E-state index < -0.39 is 0 Å². The molecular weight excluding hydrogens is 871 g/mol. The fourth-order valence-electron chi connectivity index (χ4n) is 12.6. The SMILES string of the molecule is c1ccc(-c2cc(-c3ccccc3)c(Nc3cc(N(c4ccccc4)c4c(-c5ccccc5)cc(-c5ccccc5)cc4-c4ccccc4)cc(N4C5CC6CC(C5)CC4C6)c3)c(-c3ccccc3)c2)cc1. The average Bonchev–Trinajstić information content (AvgIpc) is 3.44. The maximum absolute atomic E-state index is 4.25. The first-order valence-corrected chi connectivity index (χ1v) is 25.9. The quantitative estimate of drug-likeness (QED) is 0.132. The number of nitrogens with one attached hydrogen (secondary N) is 1. The van der Waals surface area contributed by atoms with Gasteiger partial charge < -0.3 is 15.1 Å². The van der Waals surface area contributed by atoms with Crippen molar-refractivity contribution in [2.24, 2.45) is 11.8 Å². The molecule has 10 aromatic carbocycles. The van der Waals surface area contributed by atoms with Crippen LogP contribution in [0, 0.1) is 11.8 Å². The van der Waals surface area contributed by atoms with Gasteiger partial charge in [-0.2, -0.15) is 0 Å².